The maximum atomic E-state index is 10.9. The molecule has 0 fully saturated rings. The zero-order valence-corrected chi connectivity index (χ0v) is 10.4. The molecule has 0 spiro atoms. The summed E-state index contributed by atoms with van der Waals surface area (Å²) in [5, 5.41) is 18.7. The van der Waals surface area contributed by atoms with Crippen molar-refractivity contribution in [2.75, 3.05) is 11.0 Å². The number of ether oxygens (including phenoxy) is 1. The van der Waals surface area contributed by atoms with Crippen LogP contribution in [0.4, 0.5) is 0 Å². The summed E-state index contributed by atoms with van der Waals surface area (Å²) in [4.78, 5) is 10.9. The van der Waals surface area contributed by atoms with Gasteiger partial charge in [0.2, 0.25) is 0 Å². The Morgan fingerprint density at radius 3 is 2.57 bits per heavy atom. The van der Waals surface area contributed by atoms with E-state index in [4.69, 9.17) is 0 Å². The minimum Gasteiger partial charge on any atom is -0.466 e. The molecule has 0 aliphatic heterocycles. The first-order valence-corrected chi connectivity index (χ1v) is 6.20. The standard InChI is InChI=1S/C9H17IO4/c1-2-14-9(13)6-8(12)5-7(11)3-4-10/h7-8,11-12H,2-6H2,1H3/t7-,8-/m1/s1. The Hall–Kier alpha value is 0.120. The van der Waals surface area contributed by atoms with Crippen LogP contribution in [0, 0.1) is 0 Å². The van der Waals surface area contributed by atoms with Crippen molar-refractivity contribution in [3.63, 3.8) is 0 Å². The lowest BCUT2D eigenvalue weighted by atomic mass is 10.1. The highest BCUT2D eigenvalue weighted by Crippen LogP contribution is 2.08. The van der Waals surface area contributed by atoms with Crippen molar-refractivity contribution in [1.82, 2.24) is 0 Å². The van der Waals surface area contributed by atoms with Gasteiger partial charge in [-0.05, 0) is 19.8 Å². The van der Waals surface area contributed by atoms with Crippen LogP contribution in [0.2, 0.25) is 0 Å². The van der Waals surface area contributed by atoms with Gasteiger partial charge < -0.3 is 14.9 Å². The number of carbonyl (C=O) groups excluding carboxylic acids is 1. The highest BCUT2D eigenvalue weighted by molar-refractivity contribution is 14.1. The Bertz CT molecular complexity index is 163. The Labute approximate surface area is 97.8 Å². The van der Waals surface area contributed by atoms with Crippen molar-refractivity contribution < 1.29 is 19.7 Å². The van der Waals surface area contributed by atoms with Gasteiger partial charge in [0, 0.05) is 4.43 Å². The summed E-state index contributed by atoms with van der Waals surface area (Å²) in [7, 11) is 0. The van der Waals surface area contributed by atoms with E-state index in [1.54, 1.807) is 6.92 Å². The molecular weight excluding hydrogens is 299 g/mol. The third kappa shape index (κ3) is 7.52. The van der Waals surface area contributed by atoms with Crippen LogP contribution in [-0.2, 0) is 9.53 Å². The molecule has 0 aromatic heterocycles. The topological polar surface area (TPSA) is 66.8 Å². The van der Waals surface area contributed by atoms with Gasteiger partial charge in [-0.1, -0.05) is 22.6 Å². The molecular formula is C9H17IO4. The van der Waals surface area contributed by atoms with Crippen LogP contribution in [-0.4, -0.2) is 39.4 Å². The molecule has 14 heavy (non-hydrogen) atoms. The molecule has 0 heterocycles. The first kappa shape index (κ1) is 14.1. The van der Waals surface area contributed by atoms with E-state index in [-0.39, 0.29) is 12.8 Å². The predicted molar refractivity (Wildman–Crippen MR) is 61.4 cm³/mol. The van der Waals surface area contributed by atoms with Gasteiger partial charge in [-0.2, -0.15) is 0 Å². The minimum absolute atomic E-state index is 0.0356. The molecule has 0 amide bonds. The molecule has 2 atom stereocenters. The predicted octanol–water partition coefficient (Wildman–Crippen LogP) is 0.877. The summed E-state index contributed by atoms with van der Waals surface area (Å²) in [5.74, 6) is -0.415. The second kappa shape index (κ2) is 8.43. The molecule has 0 radical (unpaired) electrons. The molecule has 2 N–H and O–H groups in total. The number of alkyl halides is 1. The fraction of sp³-hybridized carbons (Fsp3) is 0.889. The monoisotopic (exact) mass is 316 g/mol. The van der Waals surface area contributed by atoms with E-state index >= 15 is 0 Å². The molecule has 0 saturated carbocycles. The van der Waals surface area contributed by atoms with Gasteiger partial charge in [0.15, 0.2) is 0 Å². The third-order valence-corrected chi connectivity index (χ3v) is 2.32. The smallest absolute Gasteiger partial charge is 0.308 e. The highest BCUT2D eigenvalue weighted by Gasteiger charge is 2.15. The molecule has 0 unspecified atom stereocenters. The Balaban J connectivity index is 3.63. The van der Waals surface area contributed by atoms with Gasteiger partial charge in [-0.25, -0.2) is 0 Å². The van der Waals surface area contributed by atoms with Crippen LogP contribution >= 0.6 is 22.6 Å². The van der Waals surface area contributed by atoms with E-state index in [1.807, 2.05) is 0 Å². The van der Waals surface area contributed by atoms with Crippen molar-refractivity contribution in [2.45, 2.75) is 38.4 Å². The Morgan fingerprint density at radius 1 is 1.43 bits per heavy atom. The van der Waals surface area contributed by atoms with Crippen LogP contribution < -0.4 is 0 Å². The molecule has 5 heteroatoms. The maximum Gasteiger partial charge on any atom is 0.308 e. The fourth-order valence-corrected chi connectivity index (χ4v) is 1.77. The average molecular weight is 316 g/mol. The van der Waals surface area contributed by atoms with Gasteiger partial charge in [0.25, 0.3) is 0 Å². The lowest BCUT2D eigenvalue weighted by Gasteiger charge is -2.13. The van der Waals surface area contributed by atoms with E-state index in [2.05, 4.69) is 27.3 Å². The molecule has 4 nitrogen and oxygen atoms in total. The van der Waals surface area contributed by atoms with E-state index in [9.17, 15) is 15.0 Å². The molecule has 0 aliphatic rings. The average Bonchev–Trinajstić information content (AvgIpc) is 2.03. The Kier molecular flexibility index (Phi) is 8.50. The molecule has 0 saturated heterocycles. The first-order chi connectivity index (χ1) is 6.60. The van der Waals surface area contributed by atoms with Crippen molar-refractivity contribution in [3.05, 3.63) is 0 Å². The molecule has 0 rings (SSSR count). The van der Waals surface area contributed by atoms with E-state index < -0.39 is 18.2 Å². The number of halogens is 1. The normalized spacial score (nSPS) is 14.9. The van der Waals surface area contributed by atoms with Crippen LogP contribution in [0.5, 0.6) is 0 Å². The van der Waals surface area contributed by atoms with Gasteiger partial charge in [0.05, 0.1) is 25.2 Å². The third-order valence-electron chi connectivity index (χ3n) is 1.69. The van der Waals surface area contributed by atoms with E-state index in [1.165, 1.54) is 0 Å². The summed E-state index contributed by atoms with van der Waals surface area (Å²) in [6.07, 6.45) is -0.489. The number of aliphatic hydroxyl groups excluding tert-OH is 2. The second-order valence-corrected chi connectivity index (χ2v) is 4.11. The van der Waals surface area contributed by atoms with Crippen LogP contribution in [0.3, 0.4) is 0 Å². The van der Waals surface area contributed by atoms with Gasteiger partial charge >= 0.3 is 5.97 Å². The minimum atomic E-state index is -0.799. The zero-order chi connectivity index (χ0) is 11.0. The van der Waals surface area contributed by atoms with E-state index in [0.29, 0.717) is 13.0 Å². The summed E-state index contributed by atoms with van der Waals surface area (Å²) in [6, 6.07) is 0. The summed E-state index contributed by atoms with van der Waals surface area (Å²) >= 11 is 2.15. The second-order valence-electron chi connectivity index (χ2n) is 3.03. The highest BCUT2D eigenvalue weighted by atomic mass is 127. The number of hydrogen-bond donors (Lipinski definition) is 2. The SMILES string of the molecule is CCOC(=O)C[C@H](O)C[C@H](O)CCI. The van der Waals surface area contributed by atoms with Crippen molar-refractivity contribution in [1.29, 1.82) is 0 Å². The fourth-order valence-electron chi connectivity index (χ4n) is 1.05. The summed E-state index contributed by atoms with van der Waals surface area (Å²) in [6.45, 7) is 2.04. The first-order valence-electron chi connectivity index (χ1n) is 4.67. The van der Waals surface area contributed by atoms with Crippen LogP contribution in [0.25, 0.3) is 0 Å². The number of aliphatic hydroxyl groups is 2. The van der Waals surface area contributed by atoms with Crippen molar-refractivity contribution in [3.8, 4) is 0 Å². The Morgan fingerprint density at radius 2 is 2.07 bits per heavy atom. The summed E-state index contributed by atoms with van der Waals surface area (Å²) < 4.78 is 5.51. The molecule has 84 valence electrons. The zero-order valence-electron chi connectivity index (χ0n) is 8.28. The molecule has 0 aromatic carbocycles. The van der Waals surface area contributed by atoms with Crippen LogP contribution in [0.15, 0.2) is 0 Å². The number of rotatable bonds is 7. The number of hydrogen-bond acceptors (Lipinski definition) is 4. The largest absolute Gasteiger partial charge is 0.466 e. The van der Waals surface area contributed by atoms with Gasteiger partial charge in [0.1, 0.15) is 0 Å². The number of esters is 1. The molecule has 0 aromatic rings. The lowest BCUT2D eigenvalue weighted by molar-refractivity contribution is -0.145. The molecule has 0 aliphatic carbocycles. The van der Waals surface area contributed by atoms with Gasteiger partial charge in [-0.3, -0.25) is 4.79 Å². The lowest BCUT2D eigenvalue weighted by Crippen LogP contribution is -2.22. The number of carbonyl (C=O) groups is 1. The molecule has 0 bridgehead atoms. The summed E-state index contributed by atoms with van der Waals surface area (Å²) in [5.41, 5.74) is 0. The van der Waals surface area contributed by atoms with Crippen LogP contribution in [0.1, 0.15) is 26.2 Å². The van der Waals surface area contributed by atoms with Crippen molar-refractivity contribution in [2.24, 2.45) is 0 Å². The van der Waals surface area contributed by atoms with E-state index in [0.717, 1.165) is 4.43 Å². The van der Waals surface area contributed by atoms with Crippen molar-refractivity contribution >= 4 is 28.6 Å². The maximum absolute atomic E-state index is 10.9. The van der Waals surface area contributed by atoms with Gasteiger partial charge in [-0.15, -0.1) is 0 Å². The quantitative estimate of drug-likeness (QED) is 0.416.